The number of nitrogens with one attached hydrogen (secondary N) is 1. The van der Waals surface area contributed by atoms with Gasteiger partial charge in [-0.2, -0.15) is 4.31 Å². The molecule has 0 aromatic heterocycles. The van der Waals surface area contributed by atoms with Gasteiger partial charge in [0.05, 0.1) is 18.7 Å². The van der Waals surface area contributed by atoms with Gasteiger partial charge in [-0.3, -0.25) is 9.59 Å². The summed E-state index contributed by atoms with van der Waals surface area (Å²) in [5.74, 6) is -0.891. The Morgan fingerprint density at radius 3 is 2.53 bits per heavy atom. The van der Waals surface area contributed by atoms with Crippen molar-refractivity contribution in [2.24, 2.45) is 0 Å². The lowest BCUT2D eigenvalue weighted by Crippen LogP contribution is -2.40. The molecule has 1 heterocycles. The number of hydrogen-bond donors (Lipinski definition) is 1. The largest absolute Gasteiger partial charge is 0.354 e. The topological polar surface area (TPSA) is 86.8 Å². The molecule has 2 aromatic rings. The van der Waals surface area contributed by atoms with E-state index in [-0.39, 0.29) is 37.7 Å². The van der Waals surface area contributed by atoms with Gasteiger partial charge in [0.15, 0.2) is 0 Å². The Bertz CT molecular complexity index is 1050. The maximum absolute atomic E-state index is 13.5. The highest BCUT2D eigenvalue weighted by Gasteiger charge is 2.30. The SMILES string of the molecule is CS(=O)(=O)N1CCCN(C(=O)Cc2cccc(F)c2)CCNC(=O)CC1c1ccccc1. The molecular formula is C23H28FN3O4S. The zero-order valence-electron chi connectivity index (χ0n) is 18.0. The van der Waals surface area contributed by atoms with Crippen LogP contribution in [0.3, 0.4) is 0 Å². The highest BCUT2D eigenvalue weighted by molar-refractivity contribution is 7.88. The van der Waals surface area contributed by atoms with Crippen LogP contribution < -0.4 is 5.32 Å². The molecule has 0 saturated carbocycles. The van der Waals surface area contributed by atoms with Crippen molar-refractivity contribution in [1.29, 1.82) is 0 Å². The summed E-state index contributed by atoms with van der Waals surface area (Å²) >= 11 is 0. The van der Waals surface area contributed by atoms with E-state index >= 15 is 0 Å². The lowest BCUT2D eigenvalue weighted by molar-refractivity contribution is -0.131. The van der Waals surface area contributed by atoms with Crippen molar-refractivity contribution in [3.8, 4) is 0 Å². The number of carbonyl (C=O) groups is 2. The van der Waals surface area contributed by atoms with E-state index in [9.17, 15) is 22.4 Å². The maximum atomic E-state index is 13.5. The van der Waals surface area contributed by atoms with Crippen LogP contribution in [0.4, 0.5) is 4.39 Å². The van der Waals surface area contributed by atoms with Crippen molar-refractivity contribution < 1.29 is 22.4 Å². The summed E-state index contributed by atoms with van der Waals surface area (Å²) in [6.45, 7) is 1.07. The summed E-state index contributed by atoms with van der Waals surface area (Å²) in [5, 5.41) is 2.80. The third kappa shape index (κ3) is 6.61. The van der Waals surface area contributed by atoms with Gasteiger partial charge in [-0.15, -0.1) is 0 Å². The monoisotopic (exact) mass is 461 g/mol. The molecule has 2 aromatic carbocycles. The minimum absolute atomic E-state index is 0.00563. The van der Waals surface area contributed by atoms with Crippen LogP contribution in [0.1, 0.15) is 30.0 Å². The lowest BCUT2D eigenvalue weighted by atomic mass is 10.0. The fraction of sp³-hybridized carbons (Fsp3) is 0.391. The molecule has 1 saturated heterocycles. The van der Waals surface area contributed by atoms with Gasteiger partial charge in [-0.1, -0.05) is 42.5 Å². The molecule has 1 atom stereocenters. The average Bonchev–Trinajstić information content (AvgIpc) is 2.77. The molecule has 0 aliphatic carbocycles. The van der Waals surface area contributed by atoms with Crippen LogP contribution in [0.15, 0.2) is 54.6 Å². The van der Waals surface area contributed by atoms with Gasteiger partial charge in [0.1, 0.15) is 5.82 Å². The van der Waals surface area contributed by atoms with Crippen LogP contribution in [0.25, 0.3) is 0 Å². The van der Waals surface area contributed by atoms with Gasteiger partial charge in [-0.25, -0.2) is 12.8 Å². The Labute approximate surface area is 188 Å². The van der Waals surface area contributed by atoms with E-state index in [1.54, 1.807) is 17.0 Å². The molecule has 0 radical (unpaired) electrons. The molecule has 3 rings (SSSR count). The van der Waals surface area contributed by atoms with Gasteiger partial charge in [0.2, 0.25) is 21.8 Å². The van der Waals surface area contributed by atoms with E-state index in [1.165, 1.54) is 16.4 Å². The fourth-order valence-electron chi connectivity index (χ4n) is 3.90. The molecule has 1 unspecified atom stereocenters. The van der Waals surface area contributed by atoms with Crippen LogP contribution in [0.2, 0.25) is 0 Å². The molecule has 32 heavy (non-hydrogen) atoms. The molecule has 1 aliphatic heterocycles. The second-order valence-corrected chi connectivity index (χ2v) is 9.83. The number of carbonyl (C=O) groups excluding carboxylic acids is 2. The van der Waals surface area contributed by atoms with Crippen LogP contribution in [0, 0.1) is 5.82 Å². The number of amides is 2. The Morgan fingerprint density at radius 1 is 1.09 bits per heavy atom. The second kappa shape index (κ2) is 10.7. The third-order valence-electron chi connectivity index (χ3n) is 5.44. The molecule has 0 bridgehead atoms. The van der Waals surface area contributed by atoms with E-state index < -0.39 is 21.9 Å². The predicted octanol–water partition coefficient (Wildman–Crippen LogP) is 2.11. The Balaban J connectivity index is 1.79. The van der Waals surface area contributed by atoms with Crippen LogP contribution in [-0.2, 0) is 26.0 Å². The summed E-state index contributed by atoms with van der Waals surface area (Å²) in [6.07, 6.45) is 1.58. The van der Waals surface area contributed by atoms with E-state index in [4.69, 9.17) is 0 Å². The number of sulfonamides is 1. The summed E-state index contributed by atoms with van der Waals surface area (Å²) in [6, 6.07) is 14.3. The molecular weight excluding hydrogens is 433 g/mol. The molecule has 1 N–H and O–H groups in total. The van der Waals surface area contributed by atoms with E-state index in [0.717, 1.165) is 11.8 Å². The van der Waals surface area contributed by atoms with E-state index in [0.29, 0.717) is 25.1 Å². The molecule has 0 spiro atoms. The fourth-order valence-corrected chi connectivity index (χ4v) is 5.02. The number of halogens is 1. The van der Waals surface area contributed by atoms with Crippen molar-refractivity contribution >= 4 is 21.8 Å². The Hall–Kier alpha value is -2.78. The highest BCUT2D eigenvalue weighted by Crippen LogP contribution is 2.27. The number of rotatable bonds is 4. The van der Waals surface area contributed by atoms with Gasteiger partial charge < -0.3 is 10.2 Å². The summed E-state index contributed by atoms with van der Waals surface area (Å²) in [5.41, 5.74) is 1.31. The smallest absolute Gasteiger partial charge is 0.227 e. The first kappa shape index (κ1) is 23.9. The van der Waals surface area contributed by atoms with Crippen LogP contribution in [0.5, 0.6) is 0 Å². The predicted molar refractivity (Wildman–Crippen MR) is 120 cm³/mol. The zero-order valence-corrected chi connectivity index (χ0v) is 18.9. The minimum atomic E-state index is -3.61. The minimum Gasteiger partial charge on any atom is -0.354 e. The van der Waals surface area contributed by atoms with Crippen molar-refractivity contribution in [2.45, 2.75) is 25.3 Å². The van der Waals surface area contributed by atoms with Gasteiger partial charge >= 0.3 is 0 Å². The Morgan fingerprint density at radius 2 is 1.84 bits per heavy atom. The van der Waals surface area contributed by atoms with Crippen molar-refractivity contribution in [1.82, 2.24) is 14.5 Å². The number of nitrogens with zero attached hydrogens (tertiary/aromatic N) is 2. The third-order valence-corrected chi connectivity index (χ3v) is 6.73. The average molecular weight is 462 g/mol. The molecule has 7 nitrogen and oxygen atoms in total. The van der Waals surface area contributed by atoms with Gasteiger partial charge in [0.25, 0.3) is 0 Å². The van der Waals surface area contributed by atoms with Crippen molar-refractivity contribution in [3.05, 3.63) is 71.5 Å². The first-order valence-electron chi connectivity index (χ1n) is 10.5. The van der Waals surface area contributed by atoms with E-state index in [1.807, 2.05) is 30.3 Å². The zero-order chi connectivity index (χ0) is 23.1. The first-order chi connectivity index (χ1) is 15.2. The van der Waals surface area contributed by atoms with E-state index in [2.05, 4.69) is 5.32 Å². The van der Waals surface area contributed by atoms with Crippen molar-refractivity contribution in [3.63, 3.8) is 0 Å². The molecule has 1 fully saturated rings. The van der Waals surface area contributed by atoms with Crippen LogP contribution in [-0.4, -0.2) is 61.9 Å². The number of benzene rings is 2. The lowest BCUT2D eigenvalue weighted by Gasteiger charge is -2.30. The molecule has 2 amide bonds. The van der Waals surface area contributed by atoms with Gasteiger partial charge in [0, 0.05) is 32.6 Å². The maximum Gasteiger partial charge on any atom is 0.227 e. The van der Waals surface area contributed by atoms with Crippen LogP contribution >= 0.6 is 0 Å². The highest BCUT2D eigenvalue weighted by atomic mass is 32.2. The normalized spacial score (nSPS) is 19.1. The summed E-state index contributed by atoms with van der Waals surface area (Å²) in [7, 11) is -3.61. The van der Waals surface area contributed by atoms with Crippen molar-refractivity contribution in [2.75, 3.05) is 32.4 Å². The summed E-state index contributed by atoms with van der Waals surface area (Å²) < 4.78 is 40.0. The molecule has 9 heteroatoms. The first-order valence-corrected chi connectivity index (χ1v) is 12.4. The molecule has 172 valence electrons. The number of hydrogen-bond acceptors (Lipinski definition) is 4. The standard InChI is InChI=1S/C23H28FN3O4S/c1-32(30,31)27-13-6-12-26(23(29)16-18-7-5-10-20(24)15-18)14-11-25-22(28)17-21(27)19-8-3-2-4-9-19/h2-5,7-10,15,21H,6,11-14,16-17H2,1H3,(H,25,28). The second-order valence-electron chi connectivity index (χ2n) is 7.90. The molecule has 1 aliphatic rings. The Kier molecular flexibility index (Phi) is 7.98. The van der Waals surface area contributed by atoms with Gasteiger partial charge in [-0.05, 0) is 29.7 Å². The summed E-state index contributed by atoms with van der Waals surface area (Å²) in [4.78, 5) is 27.0. The quantitative estimate of drug-likeness (QED) is 0.756.